The third-order valence-electron chi connectivity index (χ3n) is 3.93. The van der Waals surface area contributed by atoms with Crippen LogP contribution in [0.2, 0.25) is 10.0 Å². The fraction of sp³-hybridized carbons (Fsp3) is 0.235. The normalized spacial score (nSPS) is 14.6. The molecule has 2 aromatic carbocycles. The van der Waals surface area contributed by atoms with Crippen molar-refractivity contribution in [1.29, 1.82) is 0 Å². The second kappa shape index (κ2) is 7.55. The van der Waals surface area contributed by atoms with Gasteiger partial charge in [0.05, 0.1) is 16.4 Å². The van der Waals surface area contributed by atoms with Gasteiger partial charge in [-0.25, -0.2) is 4.39 Å². The number of benzene rings is 2. The third-order valence-corrected chi connectivity index (χ3v) is 4.85. The van der Waals surface area contributed by atoms with Gasteiger partial charge in [-0.1, -0.05) is 35.3 Å². The number of nitrogens with one attached hydrogen (secondary N) is 1. The van der Waals surface area contributed by atoms with Crippen LogP contribution < -0.4 is 10.2 Å². The number of para-hydroxylation sites is 1. The number of hydrogen-bond donors (Lipinski definition) is 1. The smallest absolute Gasteiger partial charge is 0.173 e. The average molecular weight is 384 g/mol. The molecule has 1 aliphatic rings. The summed E-state index contributed by atoms with van der Waals surface area (Å²) >= 11 is 17.6. The Morgan fingerprint density at radius 3 is 2.46 bits per heavy atom. The summed E-state index contributed by atoms with van der Waals surface area (Å²) in [5.74, 6) is -0.197. The van der Waals surface area contributed by atoms with Crippen molar-refractivity contribution in [2.75, 3.05) is 36.4 Å². The fourth-order valence-electron chi connectivity index (χ4n) is 2.65. The predicted molar refractivity (Wildman–Crippen MR) is 103 cm³/mol. The Labute approximate surface area is 156 Å². The maximum Gasteiger partial charge on any atom is 0.173 e. The molecule has 2 aromatic rings. The summed E-state index contributed by atoms with van der Waals surface area (Å²) in [6.07, 6.45) is 0. The molecule has 0 atom stereocenters. The van der Waals surface area contributed by atoms with Crippen molar-refractivity contribution in [1.82, 2.24) is 4.90 Å². The van der Waals surface area contributed by atoms with E-state index < -0.39 is 0 Å². The lowest BCUT2D eigenvalue weighted by Gasteiger charge is -2.37. The molecular weight excluding hydrogens is 368 g/mol. The molecule has 1 N–H and O–H groups in total. The molecule has 0 unspecified atom stereocenters. The maximum absolute atomic E-state index is 13.9. The van der Waals surface area contributed by atoms with Gasteiger partial charge in [-0.2, -0.15) is 0 Å². The van der Waals surface area contributed by atoms with Crippen LogP contribution in [-0.4, -0.2) is 36.2 Å². The molecule has 3 rings (SSSR count). The zero-order valence-electron chi connectivity index (χ0n) is 12.8. The van der Waals surface area contributed by atoms with E-state index in [1.54, 1.807) is 30.3 Å². The summed E-state index contributed by atoms with van der Waals surface area (Å²) in [5, 5.41) is 4.88. The number of piperazine rings is 1. The van der Waals surface area contributed by atoms with Crippen LogP contribution in [0.25, 0.3) is 0 Å². The summed E-state index contributed by atoms with van der Waals surface area (Å²) in [7, 11) is 0. The van der Waals surface area contributed by atoms with Gasteiger partial charge >= 0.3 is 0 Å². The van der Waals surface area contributed by atoms with Gasteiger partial charge in [-0.15, -0.1) is 0 Å². The van der Waals surface area contributed by atoms with Crippen LogP contribution in [0.4, 0.5) is 15.8 Å². The van der Waals surface area contributed by atoms with E-state index in [0.717, 1.165) is 0 Å². The van der Waals surface area contributed by atoms with Crippen molar-refractivity contribution < 1.29 is 4.39 Å². The zero-order chi connectivity index (χ0) is 17.1. The van der Waals surface area contributed by atoms with E-state index in [2.05, 4.69) is 5.32 Å². The second-order valence-electron chi connectivity index (χ2n) is 5.48. The number of thiocarbonyl (C=S) groups is 1. The minimum absolute atomic E-state index is 0.197. The van der Waals surface area contributed by atoms with Gasteiger partial charge < -0.3 is 15.1 Å². The quantitative estimate of drug-likeness (QED) is 0.760. The van der Waals surface area contributed by atoms with E-state index in [-0.39, 0.29) is 5.82 Å². The molecule has 0 aliphatic carbocycles. The van der Waals surface area contributed by atoms with Crippen LogP contribution in [0.15, 0.2) is 42.5 Å². The van der Waals surface area contributed by atoms with Gasteiger partial charge in [0, 0.05) is 31.2 Å². The molecule has 0 saturated carbocycles. The highest BCUT2D eigenvalue weighted by atomic mass is 35.5. The van der Waals surface area contributed by atoms with Gasteiger partial charge in [0.1, 0.15) is 5.82 Å². The molecule has 1 saturated heterocycles. The molecule has 24 heavy (non-hydrogen) atoms. The van der Waals surface area contributed by atoms with E-state index in [1.165, 1.54) is 6.07 Å². The lowest BCUT2D eigenvalue weighted by atomic mass is 10.2. The van der Waals surface area contributed by atoms with Crippen LogP contribution in [0.3, 0.4) is 0 Å². The third kappa shape index (κ3) is 3.91. The number of halogens is 3. The summed E-state index contributed by atoms with van der Waals surface area (Å²) in [4.78, 5) is 4.07. The Hall–Kier alpha value is -1.56. The summed E-state index contributed by atoms with van der Waals surface area (Å²) < 4.78 is 13.9. The van der Waals surface area contributed by atoms with E-state index in [1.807, 2.05) is 15.9 Å². The molecule has 3 nitrogen and oxygen atoms in total. The Kier molecular flexibility index (Phi) is 5.43. The van der Waals surface area contributed by atoms with Gasteiger partial charge in [-0.05, 0) is 42.5 Å². The molecule has 1 aliphatic heterocycles. The summed E-state index contributed by atoms with van der Waals surface area (Å²) in [6.45, 7) is 2.81. The molecule has 126 valence electrons. The van der Waals surface area contributed by atoms with Crippen molar-refractivity contribution in [2.24, 2.45) is 0 Å². The minimum Gasteiger partial charge on any atom is -0.366 e. The molecule has 0 amide bonds. The molecule has 0 radical (unpaired) electrons. The van der Waals surface area contributed by atoms with Crippen LogP contribution in [-0.2, 0) is 0 Å². The highest BCUT2D eigenvalue weighted by Crippen LogP contribution is 2.26. The van der Waals surface area contributed by atoms with Crippen molar-refractivity contribution in [2.45, 2.75) is 0 Å². The topological polar surface area (TPSA) is 18.5 Å². The number of nitrogens with zero attached hydrogens (tertiary/aromatic N) is 2. The summed E-state index contributed by atoms with van der Waals surface area (Å²) in [6, 6.07) is 12.0. The van der Waals surface area contributed by atoms with Crippen molar-refractivity contribution in [3.63, 3.8) is 0 Å². The lowest BCUT2D eigenvalue weighted by molar-refractivity contribution is 0.388. The number of rotatable bonds is 2. The first-order valence-corrected chi connectivity index (χ1v) is 8.71. The van der Waals surface area contributed by atoms with Crippen molar-refractivity contribution in [3.8, 4) is 0 Å². The first-order valence-electron chi connectivity index (χ1n) is 7.55. The molecular formula is C17H16Cl2FN3S. The Bertz CT molecular complexity index is 748. The minimum atomic E-state index is -0.197. The van der Waals surface area contributed by atoms with Gasteiger partial charge in [0.2, 0.25) is 0 Å². The van der Waals surface area contributed by atoms with Gasteiger partial charge in [0.25, 0.3) is 0 Å². The Morgan fingerprint density at radius 2 is 1.75 bits per heavy atom. The first-order chi connectivity index (χ1) is 11.5. The summed E-state index contributed by atoms with van der Waals surface area (Å²) in [5.41, 5.74) is 1.32. The van der Waals surface area contributed by atoms with Crippen molar-refractivity contribution in [3.05, 3.63) is 58.3 Å². The zero-order valence-corrected chi connectivity index (χ0v) is 15.1. The largest absolute Gasteiger partial charge is 0.366 e. The van der Waals surface area contributed by atoms with Crippen LogP contribution in [0.1, 0.15) is 0 Å². The first kappa shape index (κ1) is 17.3. The monoisotopic (exact) mass is 383 g/mol. The van der Waals surface area contributed by atoms with E-state index >= 15 is 0 Å². The molecule has 1 heterocycles. The molecule has 7 heteroatoms. The Balaban J connectivity index is 1.61. The SMILES string of the molecule is Fc1ccccc1N1CCN(C(=S)Nc2cc(Cl)ccc2Cl)CC1. The molecule has 0 bridgehead atoms. The standard InChI is InChI=1S/C17H16Cl2FN3S/c18-12-5-6-13(19)15(11-12)21-17(24)23-9-7-22(8-10-23)16-4-2-1-3-14(16)20/h1-6,11H,7-10H2,(H,21,24). The average Bonchev–Trinajstić information content (AvgIpc) is 2.59. The lowest BCUT2D eigenvalue weighted by Crippen LogP contribution is -2.50. The molecule has 0 spiro atoms. The Morgan fingerprint density at radius 1 is 1.04 bits per heavy atom. The predicted octanol–water partition coefficient (Wildman–Crippen LogP) is 4.65. The van der Waals surface area contributed by atoms with Gasteiger partial charge in [0.15, 0.2) is 5.11 Å². The number of anilines is 2. The maximum atomic E-state index is 13.9. The van der Waals surface area contributed by atoms with Crippen LogP contribution in [0.5, 0.6) is 0 Å². The second-order valence-corrected chi connectivity index (χ2v) is 6.71. The van der Waals surface area contributed by atoms with E-state index in [9.17, 15) is 4.39 Å². The number of hydrogen-bond acceptors (Lipinski definition) is 2. The highest BCUT2D eigenvalue weighted by Gasteiger charge is 2.21. The highest BCUT2D eigenvalue weighted by molar-refractivity contribution is 7.80. The molecule has 1 fully saturated rings. The van der Waals surface area contributed by atoms with Crippen molar-refractivity contribution >= 4 is 51.9 Å². The molecule has 0 aromatic heterocycles. The van der Waals surface area contributed by atoms with Gasteiger partial charge in [-0.3, -0.25) is 0 Å². The van der Waals surface area contributed by atoms with E-state index in [4.69, 9.17) is 35.4 Å². The van der Waals surface area contributed by atoms with Crippen LogP contribution in [0, 0.1) is 5.82 Å². The fourth-order valence-corrected chi connectivity index (χ4v) is 3.28. The van der Waals surface area contributed by atoms with Crippen LogP contribution >= 0.6 is 35.4 Å². The van der Waals surface area contributed by atoms with E-state index in [0.29, 0.717) is 52.7 Å².